The summed E-state index contributed by atoms with van der Waals surface area (Å²) < 4.78 is 51.3. The highest BCUT2D eigenvalue weighted by molar-refractivity contribution is 5.85. The Morgan fingerprint density at radius 3 is 2.53 bits per heavy atom. The Kier molecular flexibility index (Phi) is 7.07. The zero-order valence-corrected chi connectivity index (χ0v) is 20.7. The molecule has 198 valence electrons. The van der Waals surface area contributed by atoms with Crippen molar-refractivity contribution in [3.63, 3.8) is 0 Å². The van der Waals surface area contributed by atoms with E-state index in [9.17, 15) is 22.8 Å². The molecule has 2 saturated carbocycles. The van der Waals surface area contributed by atoms with Crippen LogP contribution < -0.4 is 5.32 Å². The van der Waals surface area contributed by atoms with Gasteiger partial charge in [-0.15, -0.1) is 0 Å². The maximum absolute atomic E-state index is 14.3. The van der Waals surface area contributed by atoms with Gasteiger partial charge in [0.15, 0.2) is 0 Å². The van der Waals surface area contributed by atoms with Crippen LogP contribution in [-0.2, 0) is 38.2 Å². The lowest BCUT2D eigenvalue weighted by molar-refractivity contribution is -0.166. The van der Waals surface area contributed by atoms with Gasteiger partial charge in [0, 0.05) is 45.3 Å². The fourth-order valence-corrected chi connectivity index (χ4v) is 6.45. The Hall–Kier alpha value is -2.13. The number of carbonyl (C=O) groups is 2. The number of nitrogens with zero attached hydrogens (tertiary/aromatic N) is 1. The van der Waals surface area contributed by atoms with Crippen LogP contribution >= 0.6 is 0 Å². The minimum atomic E-state index is -4.43. The SMILES string of the molecule is CC(=O)OC(C1CC1)[C@]1(C(=O)N2CCc3ccc(C(F)(F)F)cc3C2)CC[C@@H](NC2CCOCC2)C1. The summed E-state index contributed by atoms with van der Waals surface area (Å²) in [6.07, 6.45) is 1.27. The summed E-state index contributed by atoms with van der Waals surface area (Å²) in [5, 5.41) is 3.72. The number of hydrogen-bond acceptors (Lipinski definition) is 5. The summed E-state index contributed by atoms with van der Waals surface area (Å²) in [4.78, 5) is 28.1. The normalized spacial score (nSPS) is 28.0. The molecule has 3 fully saturated rings. The molecule has 9 heteroatoms. The van der Waals surface area contributed by atoms with Gasteiger partial charge in [-0.25, -0.2) is 0 Å². The molecule has 6 nitrogen and oxygen atoms in total. The molecule has 36 heavy (non-hydrogen) atoms. The van der Waals surface area contributed by atoms with E-state index in [4.69, 9.17) is 9.47 Å². The van der Waals surface area contributed by atoms with Gasteiger partial charge >= 0.3 is 12.1 Å². The molecule has 2 aliphatic carbocycles. The van der Waals surface area contributed by atoms with Crippen molar-refractivity contribution in [1.29, 1.82) is 0 Å². The molecule has 0 spiro atoms. The highest BCUT2D eigenvalue weighted by Gasteiger charge is 2.58. The van der Waals surface area contributed by atoms with Crippen LogP contribution in [0.1, 0.15) is 68.6 Å². The molecule has 0 radical (unpaired) electrons. The fourth-order valence-electron chi connectivity index (χ4n) is 6.45. The van der Waals surface area contributed by atoms with Crippen molar-refractivity contribution < 1.29 is 32.2 Å². The van der Waals surface area contributed by atoms with Gasteiger partial charge in [0.05, 0.1) is 11.0 Å². The summed E-state index contributed by atoms with van der Waals surface area (Å²) >= 11 is 0. The predicted molar refractivity (Wildman–Crippen MR) is 126 cm³/mol. The second-order valence-electron chi connectivity index (χ2n) is 11.0. The summed E-state index contributed by atoms with van der Waals surface area (Å²) in [5.74, 6) is -0.313. The van der Waals surface area contributed by atoms with Gasteiger partial charge in [-0.2, -0.15) is 13.2 Å². The summed E-state index contributed by atoms with van der Waals surface area (Å²) in [7, 11) is 0. The van der Waals surface area contributed by atoms with Gasteiger partial charge in [0.2, 0.25) is 5.91 Å². The average Bonchev–Trinajstić information content (AvgIpc) is 3.61. The molecular formula is C27H35F3N2O4. The molecule has 2 heterocycles. The van der Waals surface area contributed by atoms with E-state index in [1.54, 1.807) is 4.90 Å². The van der Waals surface area contributed by atoms with Crippen LogP contribution in [0.25, 0.3) is 0 Å². The quantitative estimate of drug-likeness (QED) is 0.583. The number of rotatable bonds is 6. The van der Waals surface area contributed by atoms with Crippen LogP contribution in [0.3, 0.4) is 0 Å². The number of amides is 1. The van der Waals surface area contributed by atoms with Crippen LogP contribution in [0.15, 0.2) is 18.2 Å². The van der Waals surface area contributed by atoms with Crippen molar-refractivity contribution in [3.05, 3.63) is 34.9 Å². The number of nitrogens with one attached hydrogen (secondary N) is 1. The van der Waals surface area contributed by atoms with Crippen LogP contribution in [-0.4, -0.2) is 54.7 Å². The molecule has 1 saturated heterocycles. The van der Waals surface area contributed by atoms with E-state index in [0.29, 0.717) is 37.4 Å². The number of alkyl halides is 3. The van der Waals surface area contributed by atoms with Crippen LogP contribution in [0.2, 0.25) is 0 Å². The lowest BCUT2D eigenvalue weighted by atomic mass is 9.75. The van der Waals surface area contributed by atoms with Gasteiger partial charge in [0.25, 0.3) is 0 Å². The minimum Gasteiger partial charge on any atom is -0.461 e. The second kappa shape index (κ2) is 9.97. The lowest BCUT2D eigenvalue weighted by Gasteiger charge is -2.41. The van der Waals surface area contributed by atoms with Gasteiger partial charge in [-0.1, -0.05) is 6.07 Å². The molecule has 2 aliphatic heterocycles. The number of hydrogen-bond donors (Lipinski definition) is 1. The van der Waals surface area contributed by atoms with Crippen molar-refractivity contribution in [2.75, 3.05) is 19.8 Å². The highest BCUT2D eigenvalue weighted by Crippen LogP contribution is 2.52. The number of halogens is 3. The molecule has 1 unspecified atom stereocenters. The first-order valence-corrected chi connectivity index (χ1v) is 13.1. The molecule has 1 amide bonds. The number of carbonyl (C=O) groups excluding carboxylic acids is 2. The monoisotopic (exact) mass is 508 g/mol. The first kappa shape index (κ1) is 25.5. The summed E-state index contributed by atoms with van der Waals surface area (Å²) in [6, 6.07) is 4.29. The van der Waals surface area contributed by atoms with Crippen LogP contribution in [0, 0.1) is 11.3 Å². The molecule has 1 N–H and O–H groups in total. The van der Waals surface area contributed by atoms with E-state index < -0.39 is 29.2 Å². The fraction of sp³-hybridized carbons (Fsp3) is 0.704. The summed E-state index contributed by atoms with van der Waals surface area (Å²) in [5.41, 5.74) is -0.146. The third-order valence-electron chi connectivity index (χ3n) is 8.39. The third kappa shape index (κ3) is 5.28. The lowest BCUT2D eigenvalue weighted by Crippen LogP contribution is -2.53. The zero-order chi connectivity index (χ0) is 25.5. The van der Waals surface area contributed by atoms with Crippen molar-refractivity contribution in [2.24, 2.45) is 11.3 Å². The topological polar surface area (TPSA) is 67.9 Å². The predicted octanol–water partition coefficient (Wildman–Crippen LogP) is 4.24. The molecule has 1 aromatic rings. The van der Waals surface area contributed by atoms with Crippen molar-refractivity contribution in [2.45, 2.75) is 89.2 Å². The van der Waals surface area contributed by atoms with Crippen LogP contribution in [0.5, 0.6) is 0 Å². The Morgan fingerprint density at radius 1 is 1.11 bits per heavy atom. The van der Waals surface area contributed by atoms with E-state index in [2.05, 4.69) is 5.32 Å². The van der Waals surface area contributed by atoms with Crippen molar-refractivity contribution in [1.82, 2.24) is 10.2 Å². The smallest absolute Gasteiger partial charge is 0.416 e. The van der Waals surface area contributed by atoms with Crippen molar-refractivity contribution >= 4 is 11.9 Å². The van der Waals surface area contributed by atoms with E-state index in [0.717, 1.165) is 56.9 Å². The first-order valence-electron chi connectivity index (χ1n) is 13.1. The Bertz CT molecular complexity index is 990. The van der Waals surface area contributed by atoms with Crippen LogP contribution in [0.4, 0.5) is 13.2 Å². The van der Waals surface area contributed by atoms with Gasteiger partial charge < -0.3 is 19.7 Å². The Balaban J connectivity index is 1.40. The summed E-state index contributed by atoms with van der Waals surface area (Å²) in [6.45, 7) is 3.43. The van der Waals surface area contributed by atoms with Gasteiger partial charge in [0.1, 0.15) is 6.10 Å². The van der Waals surface area contributed by atoms with E-state index >= 15 is 0 Å². The highest BCUT2D eigenvalue weighted by atomic mass is 19.4. The number of esters is 1. The molecule has 1 aromatic carbocycles. The van der Waals surface area contributed by atoms with Gasteiger partial charge in [-0.3, -0.25) is 9.59 Å². The molecule has 3 atom stereocenters. The Morgan fingerprint density at radius 2 is 1.86 bits per heavy atom. The maximum Gasteiger partial charge on any atom is 0.416 e. The van der Waals surface area contributed by atoms with E-state index in [1.807, 2.05) is 0 Å². The van der Waals surface area contributed by atoms with E-state index in [1.165, 1.54) is 19.1 Å². The molecule has 4 aliphatic rings. The minimum absolute atomic E-state index is 0.0833. The standard InChI is InChI=1S/C27H35F3N2O4/c1-17(33)36-24(19-2-3-19)26(10-6-23(15-26)31-22-8-12-35-13-9-22)25(34)32-11-7-18-4-5-21(27(28,29)30)14-20(18)16-32/h4-5,14,19,22-24,31H,2-3,6-13,15-16H2,1H3/t23-,24?,26+/m1/s1. The third-order valence-corrected chi connectivity index (χ3v) is 8.39. The molecule has 5 rings (SSSR count). The van der Waals surface area contributed by atoms with Gasteiger partial charge in [-0.05, 0) is 80.5 Å². The largest absolute Gasteiger partial charge is 0.461 e. The maximum atomic E-state index is 14.3. The molecular weight excluding hydrogens is 473 g/mol. The van der Waals surface area contributed by atoms with Crippen molar-refractivity contribution in [3.8, 4) is 0 Å². The number of fused-ring (bicyclic) bond motifs is 1. The van der Waals surface area contributed by atoms with E-state index in [-0.39, 0.29) is 24.4 Å². The average molecular weight is 509 g/mol. The Labute approximate surface area is 209 Å². The molecule has 0 aromatic heterocycles. The zero-order valence-electron chi connectivity index (χ0n) is 20.7. The number of ether oxygens (including phenoxy) is 2. The second-order valence-corrected chi connectivity index (χ2v) is 11.0. The first-order chi connectivity index (χ1) is 17.2. The number of benzene rings is 1. The molecule has 0 bridgehead atoms.